The second-order valence-electron chi connectivity index (χ2n) is 3.93. The van der Waals surface area contributed by atoms with E-state index in [2.05, 4.69) is 16.4 Å². The molecule has 2 aromatic rings. The minimum absolute atomic E-state index is 0.122. The molecule has 5 heteroatoms. The Balaban J connectivity index is 2.22. The fourth-order valence-electron chi connectivity index (χ4n) is 1.42. The van der Waals surface area contributed by atoms with E-state index in [1.54, 1.807) is 11.9 Å². The Labute approximate surface area is 104 Å². The molecular formula is C12H15N3OS. The first-order valence-electron chi connectivity index (χ1n) is 5.49. The van der Waals surface area contributed by atoms with Crippen LogP contribution in [0.1, 0.15) is 12.5 Å². The van der Waals surface area contributed by atoms with Crippen LogP contribution in [0.3, 0.4) is 0 Å². The fraction of sp³-hybridized carbons (Fsp3) is 0.333. The maximum absolute atomic E-state index is 11.7. The van der Waals surface area contributed by atoms with Crippen LogP contribution in [0.4, 0.5) is 9.93 Å². The summed E-state index contributed by atoms with van der Waals surface area (Å²) >= 11 is 1.50. The first kappa shape index (κ1) is 11.9. The summed E-state index contributed by atoms with van der Waals surface area (Å²) in [6, 6.07) is 5.95. The van der Waals surface area contributed by atoms with E-state index >= 15 is 0 Å². The van der Waals surface area contributed by atoms with Crippen molar-refractivity contribution in [3.63, 3.8) is 0 Å². The lowest BCUT2D eigenvalue weighted by molar-refractivity contribution is 0.224. The summed E-state index contributed by atoms with van der Waals surface area (Å²) in [7, 11) is 1.76. The Hall–Kier alpha value is -1.62. The number of hydrogen-bond donors (Lipinski definition) is 1. The summed E-state index contributed by atoms with van der Waals surface area (Å²) in [6.07, 6.45) is 0. The number of urea groups is 1. The van der Waals surface area contributed by atoms with Crippen molar-refractivity contribution in [2.45, 2.75) is 13.8 Å². The van der Waals surface area contributed by atoms with Crippen molar-refractivity contribution in [2.75, 3.05) is 18.9 Å². The molecule has 0 atom stereocenters. The van der Waals surface area contributed by atoms with Gasteiger partial charge in [-0.15, -0.1) is 0 Å². The van der Waals surface area contributed by atoms with E-state index in [0.29, 0.717) is 11.7 Å². The molecule has 0 aliphatic carbocycles. The minimum atomic E-state index is -0.122. The third-order valence-corrected chi connectivity index (χ3v) is 3.51. The lowest BCUT2D eigenvalue weighted by Gasteiger charge is -2.13. The molecule has 2 amide bonds. The van der Waals surface area contributed by atoms with Gasteiger partial charge < -0.3 is 4.90 Å². The van der Waals surface area contributed by atoms with Gasteiger partial charge in [0.15, 0.2) is 5.13 Å². The van der Waals surface area contributed by atoms with E-state index in [1.165, 1.54) is 16.9 Å². The van der Waals surface area contributed by atoms with Crippen LogP contribution in [0, 0.1) is 6.92 Å². The summed E-state index contributed by atoms with van der Waals surface area (Å²) in [6.45, 7) is 4.65. The molecule has 2 rings (SSSR count). The molecule has 0 bridgehead atoms. The highest BCUT2D eigenvalue weighted by Crippen LogP contribution is 2.26. The predicted molar refractivity (Wildman–Crippen MR) is 71.7 cm³/mol. The molecule has 4 nitrogen and oxygen atoms in total. The Bertz CT molecular complexity index is 550. The summed E-state index contributed by atoms with van der Waals surface area (Å²) in [5, 5.41) is 3.44. The maximum Gasteiger partial charge on any atom is 0.323 e. The summed E-state index contributed by atoms with van der Waals surface area (Å²) < 4.78 is 1.10. The van der Waals surface area contributed by atoms with E-state index in [9.17, 15) is 4.79 Å². The van der Waals surface area contributed by atoms with Crippen molar-refractivity contribution in [2.24, 2.45) is 0 Å². The van der Waals surface area contributed by atoms with Gasteiger partial charge in [0, 0.05) is 13.6 Å². The topological polar surface area (TPSA) is 45.2 Å². The Morgan fingerprint density at radius 1 is 1.53 bits per heavy atom. The number of nitrogens with zero attached hydrogens (tertiary/aromatic N) is 2. The van der Waals surface area contributed by atoms with Crippen LogP contribution in [-0.4, -0.2) is 29.5 Å². The second-order valence-corrected chi connectivity index (χ2v) is 4.97. The summed E-state index contributed by atoms with van der Waals surface area (Å²) in [5.41, 5.74) is 2.12. The average Bonchev–Trinajstić information content (AvgIpc) is 2.69. The first-order chi connectivity index (χ1) is 8.10. The van der Waals surface area contributed by atoms with Crippen LogP contribution >= 0.6 is 11.3 Å². The molecule has 0 spiro atoms. The number of thiazole rings is 1. The molecular weight excluding hydrogens is 234 g/mol. The standard InChI is InChI=1S/C12H15N3OS/c1-4-15(3)12(16)14-11-13-9-6-5-8(2)7-10(9)17-11/h5-7H,4H2,1-3H3,(H,13,14,16). The zero-order chi connectivity index (χ0) is 12.4. The molecule has 90 valence electrons. The number of anilines is 1. The highest BCUT2D eigenvalue weighted by Gasteiger charge is 2.10. The van der Waals surface area contributed by atoms with Crippen LogP contribution in [0.2, 0.25) is 0 Å². The van der Waals surface area contributed by atoms with E-state index in [-0.39, 0.29) is 6.03 Å². The molecule has 0 radical (unpaired) electrons. The van der Waals surface area contributed by atoms with E-state index in [1.807, 2.05) is 26.0 Å². The molecule has 17 heavy (non-hydrogen) atoms. The lowest BCUT2D eigenvalue weighted by atomic mass is 10.2. The Morgan fingerprint density at radius 2 is 2.29 bits per heavy atom. The van der Waals surface area contributed by atoms with Gasteiger partial charge in [0.2, 0.25) is 0 Å². The van der Waals surface area contributed by atoms with Gasteiger partial charge in [-0.05, 0) is 31.5 Å². The van der Waals surface area contributed by atoms with Gasteiger partial charge >= 0.3 is 6.03 Å². The van der Waals surface area contributed by atoms with Gasteiger partial charge in [-0.2, -0.15) is 0 Å². The molecule has 1 aromatic heterocycles. The van der Waals surface area contributed by atoms with E-state index in [4.69, 9.17) is 0 Å². The highest BCUT2D eigenvalue weighted by molar-refractivity contribution is 7.22. The monoisotopic (exact) mass is 249 g/mol. The van der Waals surface area contributed by atoms with Gasteiger partial charge in [0.05, 0.1) is 10.2 Å². The molecule has 0 saturated carbocycles. The van der Waals surface area contributed by atoms with Crippen LogP contribution in [0.15, 0.2) is 18.2 Å². The maximum atomic E-state index is 11.7. The number of nitrogens with one attached hydrogen (secondary N) is 1. The minimum Gasteiger partial charge on any atom is -0.328 e. The van der Waals surface area contributed by atoms with E-state index in [0.717, 1.165) is 10.2 Å². The fourth-order valence-corrected chi connectivity index (χ4v) is 2.37. The third kappa shape index (κ3) is 2.55. The molecule has 0 aliphatic rings. The SMILES string of the molecule is CCN(C)C(=O)Nc1nc2ccc(C)cc2s1. The number of carbonyl (C=O) groups excluding carboxylic acids is 1. The molecule has 1 heterocycles. The average molecular weight is 249 g/mol. The van der Waals surface area contributed by atoms with Crippen LogP contribution in [0.25, 0.3) is 10.2 Å². The second kappa shape index (κ2) is 4.71. The van der Waals surface area contributed by atoms with Crippen molar-refractivity contribution in [3.8, 4) is 0 Å². The Morgan fingerprint density at radius 3 is 3.00 bits per heavy atom. The van der Waals surface area contributed by atoms with E-state index < -0.39 is 0 Å². The summed E-state index contributed by atoms with van der Waals surface area (Å²) in [5.74, 6) is 0. The number of aromatic nitrogens is 1. The normalized spacial score (nSPS) is 10.5. The first-order valence-corrected chi connectivity index (χ1v) is 6.31. The summed E-state index contributed by atoms with van der Waals surface area (Å²) in [4.78, 5) is 17.6. The molecule has 0 unspecified atom stereocenters. The van der Waals surface area contributed by atoms with Gasteiger partial charge in [-0.25, -0.2) is 9.78 Å². The number of fused-ring (bicyclic) bond motifs is 1. The van der Waals surface area contributed by atoms with Crippen molar-refractivity contribution >= 4 is 32.7 Å². The largest absolute Gasteiger partial charge is 0.328 e. The smallest absolute Gasteiger partial charge is 0.323 e. The highest BCUT2D eigenvalue weighted by atomic mass is 32.1. The van der Waals surface area contributed by atoms with Crippen molar-refractivity contribution < 1.29 is 4.79 Å². The third-order valence-electron chi connectivity index (χ3n) is 2.58. The zero-order valence-electron chi connectivity index (χ0n) is 10.2. The van der Waals surface area contributed by atoms with Crippen molar-refractivity contribution in [1.82, 2.24) is 9.88 Å². The molecule has 1 aromatic carbocycles. The number of amides is 2. The van der Waals surface area contributed by atoms with Crippen LogP contribution in [0.5, 0.6) is 0 Å². The zero-order valence-corrected chi connectivity index (χ0v) is 11.0. The van der Waals surface area contributed by atoms with Crippen LogP contribution in [-0.2, 0) is 0 Å². The number of aryl methyl sites for hydroxylation is 1. The predicted octanol–water partition coefficient (Wildman–Crippen LogP) is 3.09. The number of benzene rings is 1. The number of rotatable bonds is 2. The number of hydrogen-bond acceptors (Lipinski definition) is 3. The quantitative estimate of drug-likeness (QED) is 0.889. The van der Waals surface area contributed by atoms with Gasteiger partial charge in [0.1, 0.15) is 0 Å². The lowest BCUT2D eigenvalue weighted by Crippen LogP contribution is -2.30. The van der Waals surface area contributed by atoms with Gasteiger partial charge in [-0.3, -0.25) is 5.32 Å². The molecule has 0 saturated heterocycles. The molecule has 1 N–H and O–H groups in total. The van der Waals surface area contributed by atoms with Crippen molar-refractivity contribution in [3.05, 3.63) is 23.8 Å². The van der Waals surface area contributed by atoms with Gasteiger partial charge in [0.25, 0.3) is 0 Å². The molecule has 0 aliphatic heterocycles. The number of carbonyl (C=O) groups is 1. The van der Waals surface area contributed by atoms with Crippen molar-refractivity contribution in [1.29, 1.82) is 0 Å². The Kier molecular flexibility index (Phi) is 3.28. The van der Waals surface area contributed by atoms with Gasteiger partial charge in [-0.1, -0.05) is 17.4 Å². The molecule has 0 fully saturated rings. The van der Waals surface area contributed by atoms with Crippen LogP contribution < -0.4 is 5.32 Å².